The molecule has 1 N–H and O–H groups in total. The van der Waals surface area contributed by atoms with Crippen LogP contribution in [0.4, 0.5) is 8.78 Å². The summed E-state index contributed by atoms with van der Waals surface area (Å²) in [6.07, 6.45) is 6.07. The van der Waals surface area contributed by atoms with Gasteiger partial charge in [0.2, 0.25) is 0 Å². The molecular formula is C15H20F2O. The third-order valence-corrected chi connectivity index (χ3v) is 3.88. The van der Waals surface area contributed by atoms with Crippen molar-refractivity contribution in [2.75, 3.05) is 0 Å². The molecule has 0 saturated heterocycles. The maximum Gasteiger partial charge on any atom is 0.129 e. The Bertz CT molecular complexity index is 366. The molecule has 0 amide bonds. The Kier molecular flexibility index (Phi) is 4.70. The number of halogens is 2. The molecule has 0 aliphatic heterocycles. The van der Waals surface area contributed by atoms with Crippen molar-refractivity contribution in [1.82, 2.24) is 0 Å². The first-order valence-corrected chi connectivity index (χ1v) is 6.77. The molecule has 1 saturated carbocycles. The van der Waals surface area contributed by atoms with E-state index in [4.69, 9.17) is 0 Å². The van der Waals surface area contributed by atoms with Crippen LogP contribution in [0.5, 0.6) is 0 Å². The fraction of sp³-hybridized carbons (Fsp3) is 0.600. The third-order valence-electron chi connectivity index (χ3n) is 3.88. The molecule has 100 valence electrons. The molecule has 18 heavy (non-hydrogen) atoms. The molecule has 1 fully saturated rings. The van der Waals surface area contributed by atoms with Gasteiger partial charge >= 0.3 is 0 Å². The molecule has 1 aromatic rings. The first kappa shape index (κ1) is 13.5. The van der Waals surface area contributed by atoms with Crippen molar-refractivity contribution in [2.24, 2.45) is 5.92 Å². The minimum Gasteiger partial charge on any atom is -0.393 e. The first-order chi connectivity index (χ1) is 8.66. The van der Waals surface area contributed by atoms with E-state index in [0.717, 1.165) is 6.42 Å². The van der Waals surface area contributed by atoms with Crippen LogP contribution in [0, 0.1) is 17.6 Å². The Balaban J connectivity index is 1.84. The molecule has 1 unspecified atom stereocenters. The van der Waals surface area contributed by atoms with E-state index in [9.17, 15) is 13.9 Å². The zero-order valence-corrected chi connectivity index (χ0v) is 10.5. The second-order valence-electron chi connectivity index (χ2n) is 5.29. The predicted octanol–water partition coefficient (Wildman–Crippen LogP) is 3.84. The van der Waals surface area contributed by atoms with E-state index < -0.39 is 17.7 Å². The lowest BCUT2D eigenvalue weighted by Gasteiger charge is -2.14. The van der Waals surface area contributed by atoms with Crippen molar-refractivity contribution in [3.05, 3.63) is 35.4 Å². The van der Waals surface area contributed by atoms with Crippen molar-refractivity contribution >= 4 is 0 Å². The van der Waals surface area contributed by atoms with Gasteiger partial charge in [0.25, 0.3) is 0 Å². The van der Waals surface area contributed by atoms with Gasteiger partial charge in [0.1, 0.15) is 11.6 Å². The van der Waals surface area contributed by atoms with Gasteiger partial charge in [0, 0.05) is 12.0 Å². The Morgan fingerprint density at radius 2 is 1.78 bits per heavy atom. The molecule has 1 nitrogen and oxygen atoms in total. The lowest BCUT2D eigenvalue weighted by Crippen LogP contribution is -2.14. The quantitative estimate of drug-likeness (QED) is 0.846. The molecule has 1 atom stereocenters. The lowest BCUT2D eigenvalue weighted by molar-refractivity contribution is 0.152. The van der Waals surface area contributed by atoms with Gasteiger partial charge < -0.3 is 5.11 Å². The Labute approximate surface area is 107 Å². The van der Waals surface area contributed by atoms with Gasteiger partial charge in [-0.05, 0) is 30.9 Å². The summed E-state index contributed by atoms with van der Waals surface area (Å²) in [5, 5.41) is 9.88. The van der Waals surface area contributed by atoms with Crippen molar-refractivity contribution < 1.29 is 13.9 Å². The van der Waals surface area contributed by atoms with Gasteiger partial charge in [-0.2, -0.15) is 0 Å². The zero-order chi connectivity index (χ0) is 13.0. The van der Waals surface area contributed by atoms with Gasteiger partial charge in [-0.1, -0.05) is 31.7 Å². The summed E-state index contributed by atoms with van der Waals surface area (Å²) >= 11 is 0. The lowest BCUT2D eigenvalue weighted by atomic mass is 9.96. The number of aliphatic hydroxyl groups is 1. The van der Waals surface area contributed by atoms with Crippen LogP contribution in [0.15, 0.2) is 18.2 Å². The SMILES string of the molecule is OC(CCC1CCCC1)Cc1c(F)cccc1F. The molecule has 0 bridgehead atoms. The fourth-order valence-electron chi connectivity index (χ4n) is 2.79. The fourth-order valence-corrected chi connectivity index (χ4v) is 2.79. The Morgan fingerprint density at radius 3 is 2.39 bits per heavy atom. The van der Waals surface area contributed by atoms with Crippen LogP contribution in [0.1, 0.15) is 44.1 Å². The Morgan fingerprint density at radius 1 is 1.17 bits per heavy atom. The van der Waals surface area contributed by atoms with E-state index in [1.807, 2.05) is 0 Å². The minimum absolute atomic E-state index is 0.0106. The molecule has 1 aliphatic rings. The molecule has 3 heteroatoms. The standard InChI is InChI=1S/C15H20F2O/c16-14-6-3-7-15(17)13(14)10-12(18)9-8-11-4-1-2-5-11/h3,6-7,11-12,18H,1-2,4-5,8-10H2. The normalized spacial score (nSPS) is 18.2. The van der Waals surface area contributed by atoms with Gasteiger partial charge in [-0.3, -0.25) is 0 Å². The summed E-state index contributed by atoms with van der Waals surface area (Å²) in [7, 11) is 0. The number of benzene rings is 1. The van der Waals surface area contributed by atoms with E-state index in [1.54, 1.807) is 0 Å². The summed E-state index contributed by atoms with van der Waals surface area (Å²) < 4.78 is 26.8. The molecule has 0 heterocycles. The monoisotopic (exact) mass is 254 g/mol. The molecule has 2 rings (SSSR count). The summed E-state index contributed by atoms with van der Waals surface area (Å²) in [6.45, 7) is 0. The largest absolute Gasteiger partial charge is 0.393 e. The van der Waals surface area contributed by atoms with E-state index in [0.29, 0.717) is 12.3 Å². The molecular weight excluding hydrogens is 234 g/mol. The van der Waals surface area contributed by atoms with E-state index >= 15 is 0 Å². The summed E-state index contributed by atoms with van der Waals surface area (Å²) in [4.78, 5) is 0. The van der Waals surface area contributed by atoms with Crippen LogP contribution >= 0.6 is 0 Å². The van der Waals surface area contributed by atoms with E-state index in [1.165, 1.54) is 43.9 Å². The average Bonchev–Trinajstić information content (AvgIpc) is 2.84. The van der Waals surface area contributed by atoms with Crippen LogP contribution in [0.25, 0.3) is 0 Å². The van der Waals surface area contributed by atoms with Gasteiger partial charge in [0.05, 0.1) is 6.10 Å². The van der Waals surface area contributed by atoms with Gasteiger partial charge in [-0.15, -0.1) is 0 Å². The van der Waals surface area contributed by atoms with Crippen LogP contribution < -0.4 is 0 Å². The van der Waals surface area contributed by atoms with E-state index in [2.05, 4.69) is 0 Å². The van der Waals surface area contributed by atoms with Gasteiger partial charge in [0.15, 0.2) is 0 Å². The van der Waals surface area contributed by atoms with Crippen LogP contribution in [-0.4, -0.2) is 11.2 Å². The summed E-state index contributed by atoms with van der Waals surface area (Å²) in [6, 6.07) is 3.82. The molecule has 1 aromatic carbocycles. The van der Waals surface area contributed by atoms with Crippen LogP contribution in [-0.2, 0) is 6.42 Å². The zero-order valence-electron chi connectivity index (χ0n) is 10.5. The number of aliphatic hydroxyl groups excluding tert-OH is 1. The highest BCUT2D eigenvalue weighted by Crippen LogP contribution is 2.29. The first-order valence-electron chi connectivity index (χ1n) is 6.77. The number of rotatable bonds is 5. The molecule has 0 spiro atoms. The second-order valence-corrected chi connectivity index (χ2v) is 5.29. The van der Waals surface area contributed by atoms with Gasteiger partial charge in [-0.25, -0.2) is 8.78 Å². The highest BCUT2D eigenvalue weighted by Gasteiger charge is 2.18. The van der Waals surface area contributed by atoms with Crippen LogP contribution in [0.2, 0.25) is 0 Å². The third kappa shape index (κ3) is 3.52. The summed E-state index contributed by atoms with van der Waals surface area (Å²) in [5.41, 5.74) is 0.0106. The van der Waals surface area contributed by atoms with Crippen LogP contribution in [0.3, 0.4) is 0 Å². The molecule has 0 radical (unpaired) electrons. The van der Waals surface area contributed by atoms with Crippen molar-refractivity contribution in [3.8, 4) is 0 Å². The number of hydrogen-bond acceptors (Lipinski definition) is 1. The Hall–Kier alpha value is -0.960. The number of hydrogen-bond donors (Lipinski definition) is 1. The van der Waals surface area contributed by atoms with Crippen molar-refractivity contribution in [1.29, 1.82) is 0 Å². The molecule has 1 aliphatic carbocycles. The average molecular weight is 254 g/mol. The highest BCUT2D eigenvalue weighted by molar-refractivity contribution is 5.20. The van der Waals surface area contributed by atoms with Crippen molar-refractivity contribution in [3.63, 3.8) is 0 Å². The topological polar surface area (TPSA) is 20.2 Å². The van der Waals surface area contributed by atoms with Crippen molar-refractivity contribution in [2.45, 2.75) is 51.0 Å². The maximum atomic E-state index is 13.4. The second kappa shape index (κ2) is 6.28. The molecule has 0 aromatic heterocycles. The maximum absolute atomic E-state index is 13.4. The minimum atomic E-state index is -0.642. The predicted molar refractivity (Wildman–Crippen MR) is 67.3 cm³/mol. The van der Waals surface area contributed by atoms with E-state index in [-0.39, 0.29) is 12.0 Å². The smallest absolute Gasteiger partial charge is 0.129 e. The highest BCUT2D eigenvalue weighted by atomic mass is 19.1. The summed E-state index contributed by atoms with van der Waals surface area (Å²) in [5.74, 6) is -0.421.